The maximum Gasteiger partial charge on any atom is 0.332 e. The fourth-order valence-electron chi connectivity index (χ4n) is 1.41. The summed E-state index contributed by atoms with van der Waals surface area (Å²) in [5.74, 6) is -1.29. The van der Waals surface area contributed by atoms with Crippen molar-refractivity contribution in [2.75, 3.05) is 13.6 Å². The summed E-state index contributed by atoms with van der Waals surface area (Å²) in [6.45, 7) is 0.531. The van der Waals surface area contributed by atoms with E-state index in [0.717, 1.165) is 5.56 Å². The average Bonchev–Trinajstić information content (AvgIpc) is 2.39. The minimum atomic E-state index is -1.45. The second-order valence-electron chi connectivity index (χ2n) is 4.09. The lowest BCUT2D eigenvalue weighted by Gasteiger charge is -2.18. The van der Waals surface area contributed by atoms with Crippen molar-refractivity contribution in [3.05, 3.63) is 30.1 Å². The first-order chi connectivity index (χ1) is 9.00. The summed E-state index contributed by atoms with van der Waals surface area (Å²) in [6, 6.07) is 3.28. The minimum Gasteiger partial charge on any atom is -0.479 e. The van der Waals surface area contributed by atoms with Crippen LogP contribution in [0.2, 0.25) is 0 Å². The van der Waals surface area contributed by atoms with E-state index >= 15 is 0 Å². The predicted octanol–water partition coefficient (Wildman–Crippen LogP) is 0.0586. The minimum absolute atomic E-state index is 0.0236. The highest BCUT2D eigenvalue weighted by atomic mass is 16.4. The molecule has 7 heteroatoms. The number of carbonyl (C=O) groups excluding carboxylic acids is 1. The number of carbonyl (C=O) groups is 2. The lowest BCUT2D eigenvalue weighted by Crippen LogP contribution is -2.38. The summed E-state index contributed by atoms with van der Waals surface area (Å²) >= 11 is 0. The van der Waals surface area contributed by atoms with Crippen LogP contribution in [0.3, 0.4) is 0 Å². The molecule has 1 aromatic heterocycles. The number of pyridine rings is 1. The van der Waals surface area contributed by atoms with Crippen LogP contribution in [0.1, 0.15) is 12.0 Å². The van der Waals surface area contributed by atoms with Crippen LogP contribution in [0.15, 0.2) is 24.5 Å². The number of aromatic nitrogens is 1. The molecule has 0 aliphatic rings. The molecule has 0 saturated carbocycles. The lowest BCUT2D eigenvalue weighted by atomic mass is 10.2. The van der Waals surface area contributed by atoms with Gasteiger partial charge in [-0.2, -0.15) is 0 Å². The molecule has 0 bridgehead atoms. The molecule has 1 aromatic rings. The van der Waals surface area contributed by atoms with Crippen LogP contribution < -0.4 is 5.32 Å². The second kappa shape index (κ2) is 7.32. The van der Waals surface area contributed by atoms with Crippen LogP contribution in [0, 0.1) is 0 Å². The molecule has 0 aromatic carbocycles. The van der Waals surface area contributed by atoms with Crippen LogP contribution in [-0.4, -0.2) is 51.8 Å². The highest BCUT2D eigenvalue weighted by Gasteiger charge is 2.14. The molecule has 0 aliphatic carbocycles. The summed E-state index contributed by atoms with van der Waals surface area (Å²) in [6.07, 6.45) is 1.81. The number of carboxylic acid groups (broad SMARTS) is 1. The van der Waals surface area contributed by atoms with E-state index in [9.17, 15) is 9.59 Å². The van der Waals surface area contributed by atoms with E-state index in [2.05, 4.69) is 10.3 Å². The van der Waals surface area contributed by atoms with E-state index in [-0.39, 0.29) is 19.0 Å². The van der Waals surface area contributed by atoms with Gasteiger partial charge in [-0.3, -0.25) is 4.98 Å². The van der Waals surface area contributed by atoms with Gasteiger partial charge in [0.05, 0.1) is 0 Å². The summed E-state index contributed by atoms with van der Waals surface area (Å²) in [7, 11) is 1.63. The third kappa shape index (κ3) is 5.35. The van der Waals surface area contributed by atoms with Gasteiger partial charge in [0, 0.05) is 39.0 Å². The Balaban J connectivity index is 2.31. The number of rotatable bonds is 6. The van der Waals surface area contributed by atoms with Crippen LogP contribution in [0.5, 0.6) is 0 Å². The molecule has 0 saturated heterocycles. The number of aliphatic hydroxyl groups is 1. The summed E-state index contributed by atoms with van der Waals surface area (Å²) in [4.78, 5) is 27.4. The van der Waals surface area contributed by atoms with Crippen molar-refractivity contribution in [3.8, 4) is 0 Å². The number of urea groups is 1. The average molecular weight is 267 g/mol. The Hall–Kier alpha value is -2.15. The van der Waals surface area contributed by atoms with E-state index in [4.69, 9.17) is 10.2 Å². The Labute approximate surface area is 110 Å². The van der Waals surface area contributed by atoms with Crippen molar-refractivity contribution in [2.45, 2.75) is 19.1 Å². The molecule has 104 valence electrons. The maximum absolute atomic E-state index is 11.7. The van der Waals surface area contributed by atoms with E-state index in [1.807, 2.05) is 0 Å². The molecule has 3 N–H and O–H groups in total. The van der Waals surface area contributed by atoms with E-state index in [1.165, 1.54) is 4.90 Å². The number of hydrogen-bond donors (Lipinski definition) is 3. The standard InChI is InChI=1S/C12H17N3O4/c1-15(8-9-2-5-13-6-3-9)12(19)14-7-4-10(16)11(17)18/h2-3,5-6,10,16H,4,7-8H2,1H3,(H,14,19)(H,17,18)/t10-/m0/s1. The van der Waals surface area contributed by atoms with Gasteiger partial charge in [0.1, 0.15) is 0 Å². The Morgan fingerprint density at radius 2 is 2.05 bits per heavy atom. The van der Waals surface area contributed by atoms with Gasteiger partial charge in [0.2, 0.25) is 0 Å². The van der Waals surface area contributed by atoms with Crippen molar-refractivity contribution in [3.63, 3.8) is 0 Å². The zero-order chi connectivity index (χ0) is 14.3. The second-order valence-corrected chi connectivity index (χ2v) is 4.09. The zero-order valence-corrected chi connectivity index (χ0v) is 10.6. The first-order valence-electron chi connectivity index (χ1n) is 5.79. The summed E-state index contributed by atoms with van der Waals surface area (Å²) in [5.41, 5.74) is 0.943. The molecule has 7 nitrogen and oxygen atoms in total. The quantitative estimate of drug-likeness (QED) is 0.676. The number of hydrogen-bond acceptors (Lipinski definition) is 4. The zero-order valence-electron chi connectivity index (χ0n) is 10.6. The molecule has 2 amide bonds. The molecular weight excluding hydrogens is 250 g/mol. The number of aliphatic hydroxyl groups excluding tert-OH is 1. The van der Waals surface area contributed by atoms with Crippen molar-refractivity contribution in [2.24, 2.45) is 0 Å². The summed E-state index contributed by atoms with van der Waals surface area (Å²) in [5, 5.41) is 20.1. The van der Waals surface area contributed by atoms with Crippen molar-refractivity contribution < 1.29 is 19.8 Å². The number of aliphatic carboxylic acids is 1. The fraction of sp³-hybridized carbons (Fsp3) is 0.417. The smallest absolute Gasteiger partial charge is 0.332 e. The first-order valence-corrected chi connectivity index (χ1v) is 5.79. The molecule has 19 heavy (non-hydrogen) atoms. The van der Waals surface area contributed by atoms with Crippen molar-refractivity contribution >= 4 is 12.0 Å². The highest BCUT2D eigenvalue weighted by molar-refractivity contribution is 5.74. The predicted molar refractivity (Wildman–Crippen MR) is 67.4 cm³/mol. The number of nitrogens with zero attached hydrogens (tertiary/aromatic N) is 2. The van der Waals surface area contributed by atoms with Crippen LogP contribution >= 0.6 is 0 Å². The molecule has 1 rings (SSSR count). The molecule has 0 unspecified atom stereocenters. The summed E-state index contributed by atoms with van der Waals surface area (Å²) < 4.78 is 0. The van der Waals surface area contributed by atoms with Crippen LogP contribution in [0.4, 0.5) is 4.79 Å². The molecule has 0 radical (unpaired) electrons. The lowest BCUT2D eigenvalue weighted by molar-refractivity contribution is -0.146. The molecule has 0 aliphatic heterocycles. The van der Waals surface area contributed by atoms with Gasteiger partial charge >= 0.3 is 12.0 Å². The fourth-order valence-corrected chi connectivity index (χ4v) is 1.41. The Morgan fingerprint density at radius 3 is 2.63 bits per heavy atom. The third-order valence-corrected chi connectivity index (χ3v) is 2.49. The number of nitrogens with one attached hydrogen (secondary N) is 1. The monoisotopic (exact) mass is 267 g/mol. The van der Waals surface area contributed by atoms with Crippen molar-refractivity contribution in [1.29, 1.82) is 0 Å². The largest absolute Gasteiger partial charge is 0.479 e. The number of amides is 2. The maximum atomic E-state index is 11.7. The van der Waals surface area contributed by atoms with Crippen LogP contribution in [-0.2, 0) is 11.3 Å². The highest BCUT2D eigenvalue weighted by Crippen LogP contribution is 2.01. The van der Waals surface area contributed by atoms with Gasteiger partial charge in [0.15, 0.2) is 6.10 Å². The van der Waals surface area contributed by atoms with Crippen LogP contribution in [0.25, 0.3) is 0 Å². The topological polar surface area (TPSA) is 103 Å². The van der Waals surface area contributed by atoms with Gasteiger partial charge in [-0.05, 0) is 17.7 Å². The van der Waals surface area contributed by atoms with Gasteiger partial charge in [-0.1, -0.05) is 0 Å². The van der Waals surface area contributed by atoms with E-state index in [0.29, 0.717) is 6.54 Å². The SMILES string of the molecule is CN(Cc1ccncc1)C(=O)NCC[C@H](O)C(=O)O. The Kier molecular flexibility index (Phi) is 5.74. The van der Waals surface area contributed by atoms with Gasteiger partial charge in [0.25, 0.3) is 0 Å². The molecule has 0 spiro atoms. The molecular formula is C12H17N3O4. The Bertz CT molecular complexity index is 424. The van der Waals surface area contributed by atoms with Gasteiger partial charge in [-0.25, -0.2) is 9.59 Å². The Morgan fingerprint density at radius 1 is 1.42 bits per heavy atom. The first kappa shape index (κ1) is 14.9. The third-order valence-electron chi connectivity index (χ3n) is 2.49. The van der Waals surface area contributed by atoms with Gasteiger partial charge in [-0.15, -0.1) is 0 Å². The van der Waals surface area contributed by atoms with Crippen molar-refractivity contribution in [1.82, 2.24) is 15.2 Å². The van der Waals surface area contributed by atoms with E-state index < -0.39 is 12.1 Å². The molecule has 0 fully saturated rings. The van der Waals surface area contributed by atoms with Gasteiger partial charge < -0.3 is 20.4 Å². The van der Waals surface area contributed by atoms with E-state index in [1.54, 1.807) is 31.6 Å². The molecule has 1 atom stereocenters. The molecule has 1 heterocycles. The normalized spacial score (nSPS) is 11.7. The number of carboxylic acids is 1.